The fourth-order valence-electron chi connectivity index (χ4n) is 1.12. The van der Waals surface area contributed by atoms with E-state index < -0.39 is 15.4 Å². The Kier molecular flexibility index (Phi) is 6.93. The quantitative estimate of drug-likeness (QED) is 0.456. The molecule has 6 nitrogen and oxygen atoms in total. The lowest BCUT2D eigenvalue weighted by atomic mass is 10.2. The number of hydrogen-bond donors (Lipinski definition) is 3. The molecule has 0 aliphatic carbocycles. The summed E-state index contributed by atoms with van der Waals surface area (Å²) < 4.78 is 25.2. The van der Waals surface area contributed by atoms with Crippen molar-refractivity contribution >= 4 is 15.4 Å². The second-order valence-electron chi connectivity index (χ2n) is 3.35. The van der Waals surface area contributed by atoms with E-state index in [1.54, 1.807) is 0 Å². The van der Waals surface area contributed by atoms with Gasteiger partial charge in [0.1, 0.15) is 0 Å². The third kappa shape index (κ3) is 10.6. The highest BCUT2D eigenvalue weighted by atomic mass is 31.3. The highest BCUT2D eigenvalue weighted by Crippen LogP contribution is 2.57. The van der Waals surface area contributed by atoms with Crippen molar-refractivity contribution in [2.75, 3.05) is 6.16 Å². The van der Waals surface area contributed by atoms with Crippen LogP contribution < -0.4 is 0 Å². The van der Waals surface area contributed by atoms with Crippen molar-refractivity contribution in [1.82, 2.24) is 0 Å². The number of phosphoric acid groups is 1. The van der Waals surface area contributed by atoms with Crippen LogP contribution in [0.15, 0.2) is 0 Å². The van der Waals surface area contributed by atoms with E-state index in [4.69, 9.17) is 14.7 Å². The molecule has 8 heteroatoms. The zero-order valence-electron chi connectivity index (χ0n) is 8.70. The number of unbranched alkanes of at least 4 members (excludes halogenated alkanes) is 4. The molecule has 0 amide bonds. The Morgan fingerprint density at radius 1 is 1.00 bits per heavy atom. The summed E-state index contributed by atoms with van der Waals surface area (Å²) in [6, 6.07) is 0. The van der Waals surface area contributed by atoms with Gasteiger partial charge in [-0.2, -0.15) is 0 Å². The van der Waals surface area contributed by atoms with E-state index in [0.29, 0.717) is 6.42 Å². The summed E-state index contributed by atoms with van der Waals surface area (Å²) in [4.78, 5) is 25.7. The minimum Gasteiger partial charge on any atom is -0.324 e. The van der Waals surface area contributed by atoms with Crippen LogP contribution >= 0.6 is 15.4 Å². The van der Waals surface area contributed by atoms with Gasteiger partial charge >= 0.3 is 15.4 Å². The largest absolute Gasteiger partial charge is 0.476 e. The number of hydrogen-bond acceptors (Lipinski definition) is 3. The van der Waals surface area contributed by atoms with Crippen molar-refractivity contribution in [3.05, 3.63) is 0 Å². The van der Waals surface area contributed by atoms with Gasteiger partial charge in [0.2, 0.25) is 0 Å². The smallest absolute Gasteiger partial charge is 0.324 e. The summed E-state index contributed by atoms with van der Waals surface area (Å²) in [5, 5.41) is 0. The monoisotopic (exact) mass is 260 g/mol. The van der Waals surface area contributed by atoms with Gasteiger partial charge < -0.3 is 14.7 Å². The van der Waals surface area contributed by atoms with Crippen LogP contribution in [-0.4, -0.2) is 20.8 Å². The molecule has 0 aliphatic rings. The minimum absolute atomic E-state index is 0.207. The summed E-state index contributed by atoms with van der Waals surface area (Å²) in [6.45, 7) is 2.05. The first-order valence-electron chi connectivity index (χ1n) is 4.85. The van der Waals surface area contributed by atoms with Crippen LogP contribution in [0.25, 0.3) is 0 Å². The van der Waals surface area contributed by atoms with Crippen molar-refractivity contribution in [3.63, 3.8) is 0 Å². The number of rotatable bonds is 8. The van der Waals surface area contributed by atoms with E-state index in [2.05, 4.69) is 4.31 Å². The molecule has 0 saturated heterocycles. The van der Waals surface area contributed by atoms with Crippen molar-refractivity contribution in [2.24, 2.45) is 0 Å². The molecule has 0 bridgehead atoms. The van der Waals surface area contributed by atoms with Crippen LogP contribution in [0.3, 0.4) is 0 Å². The molecule has 0 aromatic rings. The molecule has 0 rings (SSSR count). The fraction of sp³-hybridized carbons (Fsp3) is 1.00. The van der Waals surface area contributed by atoms with Crippen molar-refractivity contribution in [3.8, 4) is 0 Å². The van der Waals surface area contributed by atoms with Gasteiger partial charge in [-0.15, -0.1) is 0 Å². The van der Waals surface area contributed by atoms with Crippen molar-refractivity contribution in [2.45, 2.75) is 39.0 Å². The molecule has 0 aliphatic heterocycles. The van der Waals surface area contributed by atoms with Gasteiger partial charge in [0, 0.05) is 0 Å². The maximum absolute atomic E-state index is 11.1. The third-order valence-corrected chi connectivity index (χ3v) is 4.53. The molecule has 0 aromatic carbocycles. The van der Waals surface area contributed by atoms with Gasteiger partial charge in [-0.05, 0) is 6.42 Å². The molecule has 1 atom stereocenters. The zero-order valence-corrected chi connectivity index (χ0v) is 10.5. The molecule has 0 saturated carbocycles. The Bertz CT molecular complexity index is 260. The average Bonchev–Trinajstić information content (AvgIpc) is 1.99. The highest BCUT2D eigenvalue weighted by molar-refractivity contribution is 7.63. The van der Waals surface area contributed by atoms with E-state index in [1.165, 1.54) is 0 Å². The summed E-state index contributed by atoms with van der Waals surface area (Å²) in [5.74, 6) is 0. The lowest BCUT2D eigenvalue weighted by Crippen LogP contribution is -1.93. The Balaban J connectivity index is 3.75. The van der Waals surface area contributed by atoms with E-state index >= 15 is 0 Å². The maximum atomic E-state index is 11.1. The lowest BCUT2D eigenvalue weighted by Gasteiger charge is -2.11. The van der Waals surface area contributed by atoms with Gasteiger partial charge in [0.15, 0.2) is 0 Å². The lowest BCUT2D eigenvalue weighted by molar-refractivity contribution is 0.263. The van der Waals surface area contributed by atoms with Crippen LogP contribution in [0.5, 0.6) is 0 Å². The summed E-state index contributed by atoms with van der Waals surface area (Å²) in [5.41, 5.74) is 0. The van der Waals surface area contributed by atoms with E-state index in [-0.39, 0.29) is 6.16 Å². The topological polar surface area (TPSA) is 104 Å². The van der Waals surface area contributed by atoms with Gasteiger partial charge in [-0.25, -0.2) is 8.88 Å². The fourth-order valence-corrected chi connectivity index (χ4v) is 3.40. The first-order chi connectivity index (χ1) is 6.77. The van der Waals surface area contributed by atoms with E-state index in [9.17, 15) is 9.13 Å². The molecular formula is C7H18O6P2. The molecule has 0 fully saturated rings. The first-order valence-corrected chi connectivity index (χ1v) is 8.15. The molecule has 92 valence electrons. The van der Waals surface area contributed by atoms with Gasteiger partial charge in [0.25, 0.3) is 0 Å². The zero-order chi connectivity index (χ0) is 11.9. The molecule has 15 heavy (non-hydrogen) atoms. The summed E-state index contributed by atoms with van der Waals surface area (Å²) in [7, 11) is -8.99. The maximum Gasteiger partial charge on any atom is 0.476 e. The SMILES string of the molecule is CCCCCCCP(=O)(O)OP(=O)(O)O. The van der Waals surface area contributed by atoms with Crippen LogP contribution in [-0.2, 0) is 13.4 Å². The molecule has 0 spiro atoms. The van der Waals surface area contributed by atoms with Gasteiger partial charge in [-0.1, -0.05) is 32.6 Å². The molecule has 0 aromatic heterocycles. The molecule has 0 radical (unpaired) electrons. The van der Waals surface area contributed by atoms with Crippen LogP contribution in [0.2, 0.25) is 0 Å². The van der Waals surface area contributed by atoms with Gasteiger partial charge in [0.05, 0.1) is 6.16 Å². The second kappa shape index (κ2) is 6.79. The van der Waals surface area contributed by atoms with E-state index in [1.807, 2.05) is 6.92 Å². The Morgan fingerprint density at radius 3 is 2.00 bits per heavy atom. The van der Waals surface area contributed by atoms with E-state index in [0.717, 1.165) is 25.7 Å². The molecule has 3 N–H and O–H groups in total. The molecular weight excluding hydrogens is 242 g/mol. The Labute approximate surface area is 89.4 Å². The second-order valence-corrected chi connectivity index (χ2v) is 6.70. The van der Waals surface area contributed by atoms with Crippen LogP contribution in [0.1, 0.15) is 39.0 Å². The minimum atomic E-state index is -4.86. The van der Waals surface area contributed by atoms with Crippen molar-refractivity contribution in [1.29, 1.82) is 0 Å². The summed E-state index contributed by atoms with van der Waals surface area (Å²) >= 11 is 0. The molecule has 1 unspecified atom stereocenters. The first kappa shape index (κ1) is 15.3. The Hall–Kier alpha value is 0.300. The average molecular weight is 260 g/mol. The predicted octanol–water partition coefficient (Wildman–Crippen LogP) is 2.25. The Morgan fingerprint density at radius 2 is 1.53 bits per heavy atom. The van der Waals surface area contributed by atoms with Gasteiger partial charge in [-0.3, -0.25) is 4.57 Å². The normalized spacial score (nSPS) is 16.3. The molecule has 0 heterocycles. The van der Waals surface area contributed by atoms with Crippen LogP contribution in [0.4, 0.5) is 0 Å². The van der Waals surface area contributed by atoms with Crippen molar-refractivity contribution < 1.29 is 28.1 Å². The standard InChI is InChI=1S/C7H18O6P2/c1-2-3-4-5-6-7-14(8,9)13-15(10,11)12/h2-7H2,1H3,(H,8,9)(H2,10,11,12). The predicted molar refractivity (Wildman–Crippen MR) is 56.6 cm³/mol. The van der Waals surface area contributed by atoms with Crippen LogP contribution in [0, 0.1) is 0 Å². The summed E-state index contributed by atoms with van der Waals surface area (Å²) in [6.07, 6.45) is 4.07. The third-order valence-electron chi connectivity index (χ3n) is 1.78. The highest BCUT2D eigenvalue weighted by Gasteiger charge is 2.29.